The Kier molecular flexibility index (Phi) is 33.5. The lowest BCUT2D eigenvalue weighted by atomic mass is 9.95. The first-order valence-electron chi connectivity index (χ1n) is 13.5. The van der Waals surface area contributed by atoms with E-state index in [0.29, 0.717) is 0 Å². The molecule has 2 aromatic heterocycles. The van der Waals surface area contributed by atoms with Crippen molar-refractivity contribution in [3.05, 3.63) is 60.2 Å². The number of pyridine rings is 2. The molecule has 2 fully saturated rings. The zero-order valence-corrected chi connectivity index (χ0v) is 23.6. The monoisotopic (exact) mass is 551 g/mol. The Morgan fingerprint density at radius 1 is 0.667 bits per heavy atom. The van der Waals surface area contributed by atoms with Crippen molar-refractivity contribution in [2.45, 2.75) is 103 Å². The predicted octanol–water partition coefficient (Wildman–Crippen LogP) is 8.16. The van der Waals surface area contributed by atoms with Gasteiger partial charge in [0.1, 0.15) is 14.1 Å². The number of aryl methyl sites for hydroxylation is 4. The van der Waals surface area contributed by atoms with Gasteiger partial charge in [-0.25, -0.2) is 9.13 Å². The lowest BCUT2D eigenvalue weighted by molar-refractivity contribution is -0.671. The summed E-state index contributed by atoms with van der Waals surface area (Å²) in [5.74, 6) is 2.01. The van der Waals surface area contributed by atoms with Crippen molar-refractivity contribution in [1.82, 2.24) is 9.80 Å². The minimum Gasteiger partial charge on any atom is -0.306 e. The lowest BCUT2D eigenvalue weighted by Gasteiger charge is -2.27. The van der Waals surface area contributed by atoms with Crippen molar-refractivity contribution in [3.8, 4) is 0 Å². The molecule has 2 aromatic rings. The summed E-state index contributed by atoms with van der Waals surface area (Å²) in [6, 6.07) is 8.44. The Morgan fingerprint density at radius 2 is 1.03 bits per heavy atom. The van der Waals surface area contributed by atoms with Crippen molar-refractivity contribution in [2.75, 3.05) is 40.3 Å². The highest BCUT2D eigenvalue weighted by molar-refractivity contribution is 5.06. The van der Waals surface area contributed by atoms with Crippen molar-refractivity contribution in [1.29, 1.82) is 0 Å². The Labute approximate surface area is 248 Å². The fourth-order valence-electron chi connectivity index (χ4n) is 3.95. The zero-order chi connectivity index (χ0) is 25.3. The third kappa shape index (κ3) is 23.8. The second-order valence-corrected chi connectivity index (χ2v) is 10.4. The molecule has 232 valence electrons. The molecule has 0 saturated carbocycles. The van der Waals surface area contributed by atoms with Crippen LogP contribution in [0.4, 0.5) is 0 Å². The summed E-state index contributed by atoms with van der Waals surface area (Å²) >= 11 is 0. The summed E-state index contributed by atoms with van der Waals surface area (Å²) in [6.45, 7) is 14.1. The molecule has 4 heterocycles. The maximum absolute atomic E-state index is 2.42. The topological polar surface area (TPSA) is 14.2 Å². The molecule has 4 nitrogen and oxygen atoms in total. The number of hydrogen-bond acceptors (Lipinski definition) is 2. The van der Waals surface area contributed by atoms with E-state index in [1.54, 1.807) is 0 Å². The van der Waals surface area contributed by atoms with E-state index in [1.165, 1.54) is 69.4 Å². The summed E-state index contributed by atoms with van der Waals surface area (Å²) < 4.78 is 4.06. The van der Waals surface area contributed by atoms with Crippen LogP contribution in [0.3, 0.4) is 0 Å². The van der Waals surface area contributed by atoms with Gasteiger partial charge in [-0.05, 0) is 102 Å². The molecule has 4 rings (SSSR count). The maximum Gasteiger partial charge on any atom is 0.168 e. The molecule has 0 spiro atoms. The molecule has 2 aliphatic heterocycles. The van der Waals surface area contributed by atoms with Crippen LogP contribution >= 0.6 is 0 Å². The number of likely N-dealkylation sites (tertiary alicyclic amines) is 2. The van der Waals surface area contributed by atoms with E-state index in [0.717, 1.165) is 18.3 Å². The third-order valence-corrected chi connectivity index (χ3v) is 7.02. The second kappa shape index (κ2) is 27.8. The highest BCUT2D eigenvalue weighted by Gasteiger charge is 2.13. The molecule has 0 aromatic carbocycles. The van der Waals surface area contributed by atoms with Crippen LogP contribution in [0.15, 0.2) is 49.1 Å². The van der Waals surface area contributed by atoms with E-state index in [1.807, 2.05) is 35.6 Å². The van der Waals surface area contributed by atoms with Crippen molar-refractivity contribution in [3.63, 3.8) is 0 Å². The van der Waals surface area contributed by atoms with Crippen molar-refractivity contribution in [2.24, 2.45) is 25.9 Å². The summed E-state index contributed by atoms with van der Waals surface area (Å²) in [5, 5.41) is 0. The minimum atomic E-state index is 0. The van der Waals surface area contributed by atoms with Gasteiger partial charge in [-0.15, -0.1) is 0 Å². The zero-order valence-electron chi connectivity index (χ0n) is 23.6. The Hall–Kier alpha value is -1.78. The van der Waals surface area contributed by atoms with Crippen LogP contribution in [0.25, 0.3) is 0 Å². The van der Waals surface area contributed by atoms with Crippen LogP contribution in [0.1, 0.15) is 101 Å². The van der Waals surface area contributed by atoms with Crippen LogP contribution in [0.2, 0.25) is 0 Å². The summed E-state index contributed by atoms with van der Waals surface area (Å²) in [7, 11) is 8.46. The Bertz CT molecular complexity index is 695. The fourth-order valence-corrected chi connectivity index (χ4v) is 3.95. The first kappa shape index (κ1) is 47.0. The molecule has 39 heavy (non-hydrogen) atoms. The molecular weight excluding hydrogens is 476 g/mol. The van der Waals surface area contributed by atoms with E-state index in [2.05, 4.69) is 88.2 Å². The first-order chi connectivity index (χ1) is 16.2. The van der Waals surface area contributed by atoms with Crippen LogP contribution in [0, 0.1) is 18.8 Å². The average Bonchev–Trinajstić information content (AvgIpc) is 2.85. The molecule has 0 N–H and O–H groups in total. The molecule has 2 saturated heterocycles. The average molecular weight is 551 g/mol. The number of aromatic nitrogens is 2. The number of rotatable bonds is 2. The van der Waals surface area contributed by atoms with Gasteiger partial charge in [0, 0.05) is 24.3 Å². The maximum atomic E-state index is 2.42. The molecule has 0 atom stereocenters. The van der Waals surface area contributed by atoms with Gasteiger partial charge in [0.2, 0.25) is 0 Å². The molecule has 0 bridgehead atoms. The molecule has 2 aliphatic rings. The lowest BCUT2D eigenvalue weighted by Crippen LogP contribution is -2.29. The quantitative estimate of drug-likeness (QED) is 0.350. The normalized spacial score (nSPS) is 15.2. The number of hydrogen-bond donors (Lipinski definition) is 0. The van der Waals surface area contributed by atoms with E-state index in [4.69, 9.17) is 0 Å². The van der Waals surface area contributed by atoms with Crippen LogP contribution < -0.4 is 9.13 Å². The third-order valence-electron chi connectivity index (χ3n) is 7.02. The van der Waals surface area contributed by atoms with E-state index in [-0.39, 0.29) is 37.1 Å². The van der Waals surface area contributed by atoms with Gasteiger partial charge in [0.15, 0.2) is 24.8 Å². The van der Waals surface area contributed by atoms with E-state index in [9.17, 15) is 0 Å². The van der Waals surface area contributed by atoms with Gasteiger partial charge in [-0.3, -0.25) is 0 Å². The Morgan fingerprint density at radius 3 is 1.33 bits per heavy atom. The van der Waals surface area contributed by atoms with Crippen LogP contribution in [-0.4, -0.2) is 50.1 Å². The van der Waals surface area contributed by atoms with Crippen molar-refractivity contribution < 1.29 is 9.13 Å². The molecule has 0 aliphatic carbocycles. The van der Waals surface area contributed by atoms with Gasteiger partial charge >= 0.3 is 0 Å². The van der Waals surface area contributed by atoms with Gasteiger partial charge in [0.05, 0.1) is 0 Å². The van der Waals surface area contributed by atoms with Crippen molar-refractivity contribution >= 4 is 0 Å². The highest BCUT2D eigenvalue weighted by atomic mass is 15.1. The van der Waals surface area contributed by atoms with E-state index >= 15 is 0 Å². The van der Waals surface area contributed by atoms with Crippen LogP contribution in [-0.2, 0) is 20.5 Å². The molecule has 0 radical (unpaired) electrons. The predicted molar refractivity (Wildman–Crippen MR) is 179 cm³/mol. The standard InChI is InChI=1S/C8H17N.C8H12N.C7H15N.C7H10N.5CH4/c2*1-3-8-4-6-9(2)7-5-8;2*1-7-3-5-8(2)6-4-7;;;;;/h8H,3-7H2,1-2H3;4-7H,3H2,1-2H3;7H,3-6H2,1-2H3;3-6H,1-2H3;5*1H4/q;+1;;+1;;;;;. The fraction of sp³-hybridized carbons (Fsp3) is 0.714. The Balaban J connectivity index is -0.000000126. The van der Waals surface area contributed by atoms with Gasteiger partial charge in [0.25, 0.3) is 0 Å². The SMILES string of the molecule is C.C.C.C.C.CC1CCN(C)CC1.CCC1CCN(C)CC1.CCc1cc[n+](C)cc1.Cc1cc[n+](C)cc1. The summed E-state index contributed by atoms with van der Waals surface area (Å²) in [4.78, 5) is 4.83. The smallest absolute Gasteiger partial charge is 0.168 e. The first-order valence-corrected chi connectivity index (χ1v) is 13.5. The number of nitrogens with zero attached hydrogens (tertiary/aromatic N) is 4. The van der Waals surface area contributed by atoms with E-state index < -0.39 is 0 Å². The largest absolute Gasteiger partial charge is 0.306 e. The summed E-state index contributed by atoms with van der Waals surface area (Å²) in [6.07, 6.45) is 16.4. The summed E-state index contributed by atoms with van der Waals surface area (Å²) in [5.41, 5.74) is 2.70. The second-order valence-electron chi connectivity index (χ2n) is 10.4. The minimum absolute atomic E-state index is 0. The van der Waals surface area contributed by atoms with Crippen LogP contribution in [0.5, 0.6) is 0 Å². The molecule has 0 unspecified atom stereocenters. The molecular formula is C35H74N4+2. The van der Waals surface area contributed by atoms with Gasteiger partial charge in [-0.2, -0.15) is 0 Å². The van der Waals surface area contributed by atoms with Gasteiger partial charge in [-0.1, -0.05) is 64.3 Å². The number of piperidine rings is 2. The molecule has 0 amide bonds. The molecule has 4 heteroatoms. The van der Waals surface area contributed by atoms with Gasteiger partial charge < -0.3 is 9.80 Å². The highest BCUT2D eigenvalue weighted by Crippen LogP contribution is 2.18.